The number of aliphatic carboxylic acids is 1. The Hall–Kier alpha value is -2.51. The van der Waals surface area contributed by atoms with Gasteiger partial charge in [0.25, 0.3) is 11.7 Å². The van der Waals surface area contributed by atoms with Crippen LogP contribution in [0.5, 0.6) is 0 Å². The van der Waals surface area contributed by atoms with Crippen LogP contribution in [-0.4, -0.2) is 43.1 Å². The average Bonchev–Trinajstić information content (AvgIpc) is 3.13. The summed E-state index contributed by atoms with van der Waals surface area (Å²) in [4.78, 5) is 31.4. The Balaban J connectivity index is 1.83. The van der Waals surface area contributed by atoms with Gasteiger partial charge in [-0.05, 0) is 19.3 Å². The SMILES string of the molecule is CCc1c(C(=O)NCC2(C(=O)O)CC2)cnc2ncnn12. The van der Waals surface area contributed by atoms with Gasteiger partial charge in [-0.1, -0.05) is 6.92 Å². The van der Waals surface area contributed by atoms with Crippen molar-refractivity contribution in [1.29, 1.82) is 0 Å². The lowest BCUT2D eigenvalue weighted by atomic mass is 10.1. The number of carbonyl (C=O) groups is 2. The first-order chi connectivity index (χ1) is 10.1. The fourth-order valence-electron chi connectivity index (χ4n) is 2.32. The van der Waals surface area contributed by atoms with Crippen LogP contribution in [-0.2, 0) is 11.2 Å². The molecule has 8 heteroatoms. The van der Waals surface area contributed by atoms with Crippen molar-refractivity contribution >= 4 is 17.7 Å². The first-order valence-electron chi connectivity index (χ1n) is 6.76. The van der Waals surface area contributed by atoms with Crippen molar-refractivity contribution in [3.05, 3.63) is 23.8 Å². The van der Waals surface area contributed by atoms with Gasteiger partial charge < -0.3 is 10.4 Å². The predicted octanol–water partition coefficient (Wildman–Crippen LogP) is 0.281. The number of hydrogen-bond acceptors (Lipinski definition) is 5. The average molecular weight is 289 g/mol. The molecule has 21 heavy (non-hydrogen) atoms. The van der Waals surface area contributed by atoms with Crippen LogP contribution >= 0.6 is 0 Å². The summed E-state index contributed by atoms with van der Waals surface area (Å²) < 4.78 is 1.53. The molecule has 1 aliphatic rings. The van der Waals surface area contributed by atoms with E-state index in [4.69, 9.17) is 5.11 Å². The van der Waals surface area contributed by atoms with Crippen LogP contribution in [0.4, 0.5) is 0 Å². The van der Waals surface area contributed by atoms with Gasteiger partial charge in [0.2, 0.25) is 0 Å². The smallest absolute Gasteiger partial charge is 0.311 e. The third-order valence-electron chi connectivity index (χ3n) is 3.88. The lowest BCUT2D eigenvalue weighted by molar-refractivity contribution is -0.143. The maximum absolute atomic E-state index is 12.3. The maximum atomic E-state index is 12.3. The number of fused-ring (bicyclic) bond motifs is 1. The van der Waals surface area contributed by atoms with Crippen LogP contribution in [0.15, 0.2) is 12.5 Å². The Morgan fingerprint density at radius 1 is 1.43 bits per heavy atom. The second kappa shape index (κ2) is 4.80. The molecule has 2 N–H and O–H groups in total. The standard InChI is InChI=1S/C13H15N5O3/c1-2-9-8(5-14-12-16-7-17-18(9)12)10(19)15-6-13(3-4-13)11(20)21/h5,7H,2-4,6H2,1H3,(H,15,19)(H,20,21). The van der Waals surface area contributed by atoms with E-state index in [0.29, 0.717) is 36.3 Å². The van der Waals surface area contributed by atoms with Gasteiger partial charge in [0.1, 0.15) is 6.33 Å². The molecule has 8 nitrogen and oxygen atoms in total. The number of aryl methyl sites for hydroxylation is 1. The highest BCUT2D eigenvalue weighted by Gasteiger charge is 2.50. The number of carboxylic acids is 1. The molecule has 0 bridgehead atoms. The molecule has 0 radical (unpaired) electrons. The van der Waals surface area contributed by atoms with Crippen molar-refractivity contribution in [1.82, 2.24) is 24.9 Å². The number of nitrogens with one attached hydrogen (secondary N) is 1. The fourth-order valence-corrected chi connectivity index (χ4v) is 2.32. The minimum absolute atomic E-state index is 0.139. The molecule has 0 aliphatic heterocycles. The minimum Gasteiger partial charge on any atom is -0.481 e. The van der Waals surface area contributed by atoms with Crippen LogP contribution in [0.1, 0.15) is 35.8 Å². The molecule has 2 aromatic rings. The van der Waals surface area contributed by atoms with Crippen molar-refractivity contribution in [2.45, 2.75) is 26.2 Å². The Kier molecular flexibility index (Phi) is 3.08. The zero-order valence-electron chi connectivity index (χ0n) is 11.5. The molecule has 3 rings (SSSR count). The normalized spacial score (nSPS) is 15.9. The Morgan fingerprint density at radius 2 is 2.19 bits per heavy atom. The maximum Gasteiger partial charge on any atom is 0.311 e. The van der Waals surface area contributed by atoms with Gasteiger partial charge in [-0.3, -0.25) is 9.59 Å². The number of nitrogens with zero attached hydrogens (tertiary/aromatic N) is 4. The highest BCUT2D eigenvalue weighted by molar-refractivity contribution is 5.95. The van der Waals surface area contributed by atoms with Crippen molar-refractivity contribution in [2.24, 2.45) is 5.41 Å². The Bertz CT molecular complexity index is 720. The van der Waals surface area contributed by atoms with Gasteiger partial charge in [-0.25, -0.2) is 9.50 Å². The molecule has 110 valence electrons. The summed E-state index contributed by atoms with van der Waals surface area (Å²) in [5.41, 5.74) is 0.319. The lowest BCUT2D eigenvalue weighted by Crippen LogP contribution is -2.35. The first kappa shape index (κ1) is 13.5. The lowest BCUT2D eigenvalue weighted by Gasteiger charge is -2.13. The van der Waals surface area contributed by atoms with Crippen LogP contribution in [0, 0.1) is 5.41 Å². The molecule has 2 heterocycles. The van der Waals surface area contributed by atoms with Gasteiger partial charge in [0.15, 0.2) is 0 Å². The third-order valence-corrected chi connectivity index (χ3v) is 3.88. The van der Waals surface area contributed by atoms with E-state index in [0.717, 1.165) is 0 Å². The zero-order valence-corrected chi connectivity index (χ0v) is 11.5. The number of hydrogen-bond donors (Lipinski definition) is 2. The summed E-state index contributed by atoms with van der Waals surface area (Å²) in [5.74, 6) is -0.750. The summed E-state index contributed by atoms with van der Waals surface area (Å²) in [5, 5.41) is 15.9. The number of rotatable bonds is 5. The molecule has 2 aromatic heterocycles. The number of aromatic nitrogens is 4. The Labute approximate surface area is 120 Å². The molecular formula is C13H15N5O3. The highest BCUT2D eigenvalue weighted by Crippen LogP contribution is 2.45. The van der Waals surface area contributed by atoms with Crippen molar-refractivity contribution < 1.29 is 14.7 Å². The van der Waals surface area contributed by atoms with Crippen LogP contribution in [0.3, 0.4) is 0 Å². The van der Waals surface area contributed by atoms with E-state index in [-0.39, 0.29) is 12.5 Å². The summed E-state index contributed by atoms with van der Waals surface area (Å²) in [6, 6.07) is 0. The summed E-state index contributed by atoms with van der Waals surface area (Å²) >= 11 is 0. The molecule has 0 spiro atoms. The second-order valence-corrected chi connectivity index (χ2v) is 5.21. The molecule has 0 atom stereocenters. The van der Waals surface area contributed by atoms with E-state index < -0.39 is 11.4 Å². The zero-order chi connectivity index (χ0) is 15.0. The van der Waals surface area contributed by atoms with Gasteiger partial charge in [0, 0.05) is 12.7 Å². The van der Waals surface area contributed by atoms with Gasteiger partial charge in [-0.15, -0.1) is 0 Å². The summed E-state index contributed by atoms with van der Waals surface area (Å²) in [6.07, 6.45) is 4.63. The molecule has 0 unspecified atom stereocenters. The molecule has 0 aromatic carbocycles. The molecular weight excluding hydrogens is 274 g/mol. The molecule has 1 aliphatic carbocycles. The van der Waals surface area contributed by atoms with E-state index in [1.54, 1.807) is 0 Å². The fraction of sp³-hybridized carbons (Fsp3) is 0.462. The van der Waals surface area contributed by atoms with Crippen molar-refractivity contribution in [3.8, 4) is 0 Å². The van der Waals surface area contributed by atoms with Crippen molar-refractivity contribution in [2.75, 3.05) is 6.54 Å². The predicted molar refractivity (Wildman–Crippen MR) is 71.8 cm³/mol. The molecule has 1 saturated carbocycles. The number of carbonyl (C=O) groups excluding carboxylic acids is 1. The quantitative estimate of drug-likeness (QED) is 0.818. The number of carboxylic acid groups (broad SMARTS) is 1. The first-order valence-corrected chi connectivity index (χ1v) is 6.76. The van der Waals surface area contributed by atoms with Gasteiger partial charge in [-0.2, -0.15) is 10.1 Å². The molecule has 1 fully saturated rings. The van der Waals surface area contributed by atoms with Gasteiger partial charge >= 0.3 is 5.97 Å². The highest BCUT2D eigenvalue weighted by atomic mass is 16.4. The largest absolute Gasteiger partial charge is 0.481 e. The van der Waals surface area contributed by atoms with Crippen LogP contribution in [0.25, 0.3) is 5.78 Å². The summed E-state index contributed by atoms with van der Waals surface area (Å²) in [6.45, 7) is 2.05. The third kappa shape index (κ3) is 2.22. The van der Waals surface area contributed by atoms with E-state index in [9.17, 15) is 9.59 Å². The van der Waals surface area contributed by atoms with Gasteiger partial charge in [0.05, 0.1) is 16.7 Å². The summed E-state index contributed by atoms with van der Waals surface area (Å²) in [7, 11) is 0. The van der Waals surface area contributed by atoms with Crippen molar-refractivity contribution in [3.63, 3.8) is 0 Å². The van der Waals surface area contributed by atoms with E-state index in [1.165, 1.54) is 17.0 Å². The molecule has 1 amide bonds. The topological polar surface area (TPSA) is 109 Å². The Morgan fingerprint density at radius 3 is 2.81 bits per heavy atom. The monoisotopic (exact) mass is 289 g/mol. The van der Waals surface area contributed by atoms with Crippen LogP contribution < -0.4 is 5.32 Å². The van der Waals surface area contributed by atoms with E-state index in [1.807, 2.05) is 6.92 Å². The minimum atomic E-state index is -0.858. The second-order valence-electron chi connectivity index (χ2n) is 5.21. The van der Waals surface area contributed by atoms with E-state index in [2.05, 4.69) is 20.4 Å². The van der Waals surface area contributed by atoms with Crippen LogP contribution in [0.2, 0.25) is 0 Å². The molecule has 0 saturated heterocycles. The van der Waals surface area contributed by atoms with E-state index >= 15 is 0 Å². The number of amides is 1.